The summed E-state index contributed by atoms with van der Waals surface area (Å²) in [7, 11) is 0. The zero-order valence-corrected chi connectivity index (χ0v) is 17.0. The number of aromatic nitrogens is 2. The molecule has 1 saturated carbocycles. The first-order chi connectivity index (χ1) is 14.7. The molecule has 1 aliphatic rings. The van der Waals surface area contributed by atoms with Gasteiger partial charge in [-0.3, -0.25) is 4.79 Å². The molecule has 7 nitrogen and oxygen atoms in total. The molecular weight excluding hydrogens is 402 g/mol. The number of nitrogens with one attached hydrogen (secondary N) is 1. The Morgan fingerprint density at radius 3 is 2.97 bits per heavy atom. The fourth-order valence-electron chi connectivity index (χ4n) is 3.82. The zero-order chi connectivity index (χ0) is 20.5. The Bertz CT molecular complexity index is 1160. The maximum atomic E-state index is 12.4. The highest BCUT2D eigenvalue weighted by Crippen LogP contribution is 2.33. The molecule has 30 heavy (non-hydrogen) atoms. The first-order valence-electron chi connectivity index (χ1n) is 10.0. The number of hydrogen-bond donors (Lipinski definition) is 2. The minimum Gasteiger partial charge on any atom is -0.464 e. The van der Waals surface area contributed by atoms with Gasteiger partial charge in [0.05, 0.1) is 17.1 Å². The highest BCUT2D eigenvalue weighted by molar-refractivity contribution is 7.20. The van der Waals surface area contributed by atoms with Gasteiger partial charge in [0.1, 0.15) is 11.3 Å². The Kier molecular flexibility index (Phi) is 5.10. The molecule has 4 aromatic rings. The number of benzene rings is 1. The second-order valence-electron chi connectivity index (χ2n) is 7.55. The predicted molar refractivity (Wildman–Crippen MR) is 114 cm³/mol. The molecular formula is C22H21N3O4S. The van der Waals surface area contributed by atoms with Crippen LogP contribution in [0.25, 0.3) is 21.3 Å². The molecule has 0 radical (unpaired) electrons. The molecule has 2 N–H and O–H groups in total. The summed E-state index contributed by atoms with van der Waals surface area (Å²) in [5.74, 6) is 0.655. The lowest BCUT2D eigenvalue weighted by Gasteiger charge is -2.24. The first kappa shape index (κ1) is 19.0. The van der Waals surface area contributed by atoms with Gasteiger partial charge in [0.2, 0.25) is 5.91 Å². The monoisotopic (exact) mass is 423 g/mol. The van der Waals surface area contributed by atoms with E-state index in [1.54, 1.807) is 12.5 Å². The Labute approximate surface area is 176 Å². The van der Waals surface area contributed by atoms with Crippen molar-refractivity contribution in [1.82, 2.24) is 15.3 Å². The van der Waals surface area contributed by atoms with Crippen molar-refractivity contribution in [1.29, 1.82) is 0 Å². The van der Waals surface area contributed by atoms with Crippen molar-refractivity contribution >= 4 is 38.6 Å². The smallest absolute Gasteiger partial charge is 0.281 e. The number of furan rings is 1. The molecule has 0 spiro atoms. The van der Waals surface area contributed by atoms with E-state index in [9.17, 15) is 9.90 Å². The average Bonchev–Trinajstić information content (AvgIpc) is 3.35. The molecule has 0 atom stereocenters. The van der Waals surface area contributed by atoms with Crippen LogP contribution in [0.1, 0.15) is 31.2 Å². The van der Waals surface area contributed by atoms with Crippen molar-refractivity contribution in [2.75, 3.05) is 0 Å². The van der Waals surface area contributed by atoms with E-state index in [4.69, 9.17) is 9.15 Å². The van der Waals surface area contributed by atoms with Crippen LogP contribution in [-0.4, -0.2) is 27.1 Å². The standard InChI is InChI=1S/C22H21N3O4S/c26-15-5-3-13(4-6-15)21(27)24-11-14-12-28-18-10-16(7-8-17(14)18)29-22-25-20-19(30-22)2-1-9-23-20/h1-2,7-10,12-13,15,26H,3-6,11H2,(H,24,27). The molecule has 1 aromatic carbocycles. The van der Waals surface area contributed by atoms with Crippen LogP contribution in [0.3, 0.4) is 0 Å². The number of carbonyl (C=O) groups excluding carboxylic acids is 1. The summed E-state index contributed by atoms with van der Waals surface area (Å²) in [6, 6.07) is 9.45. The molecule has 3 aromatic heterocycles. The maximum absolute atomic E-state index is 12.4. The number of pyridine rings is 1. The fraction of sp³-hybridized carbons (Fsp3) is 0.318. The summed E-state index contributed by atoms with van der Waals surface area (Å²) in [6.07, 6.45) is 5.98. The second kappa shape index (κ2) is 8.04. The third kappa shape index (κ3) is 3.88. The fourth-order valence-corrected chi connectivity index (χ4v) is 4.62. The van der Waals surface area contributed by atoms with E-state index in [-0.39, 0.29) is 17.9 Å². The minimum absolute atomic E-state index is 0.0186. The van der Waals surface area contributed by atoms with Crippen molar-refractivity contribution in [3.05, 3.63) is 48.4 Å². The van der Waals surface area contributed by atoms with Gasteiger partial charge in [0.15, 0.2) is 5.65 Å². The molecule has 5 rings (SSSR count). The summed E-state index contributed by atoms with van der Waals surface area (Å²) in [5.41, 5.74) is 2.28. The number of thiazole rings is 1. The molecule has 1 aliphatic carbocycles. The van der Waals surface area contributed by atoms with Crippen molar-refractivity contribution in [2.24, 2.45) is 5.92 Å². The van der Waals surface area contributed by atoms with Gasteiger partial charge >= 0.3 is 0 Å². The van der Waals surface area contributed by atoms with E-state index in [1.807, 2.05) is 30.3 Å². The SMILES string of the molecule is O=C(NCc1coc2cc(Oc3nc4ncccc4s3)ccc12)C1CCC(O)CC1. The number of rotatable bonds is 5. The van der Waals surface area contributed by atoms with Crippen molar-refractivity contribution < 1.29 is 19.1 Å². The number of aliphatic hydroxyl groups is 1. The highest BCUT2D eigenvalue weighted by Gasteiger charge is 2.25. The lowest BCUT2D eigenvalue weighted by atomic mass is 9.87. The Morgan fingerprint density at radius 2 is 2.13 bits per heavy atom. The first-order valence-corrected chi connectivity index (χ1v) is 10.8. The van der Waals surface area contributed by atoms with Gasteiger partial charge in [0, 0.05) is 35.7 Å². The molecule has 154 valence electrons. The number of aliphatic hydroxyl groups excluding tert-OH is 1. The number of carbonyl (C=O) groups is 1. The van der Waals surface area contributed by atoms with E-state index in [1.165, 1.54) is 11.3 Å². The molecule has 1 amide bonds. The zero-order valence-electron chi connectivity index (χ0n) is 16.2. The summed E-state index contributed by atoms with van der Waals surface area (Å²) >= 11 is 1.44. The Hall–Kier alpha value is -2.97. The van der Waals surface area contributed by atoms with Gasteiger partial charge in [-0.25, -0.2) is 4.98 Å². The Morgan fingerprint density at radius 1 is 1.27 bits per heavy atom. The van der Waals surface area contributed by atoms with E-state index >= 15 is 0 Å². The van der Waals surface area contributed by atoms with Crippen LogP contribution >= 0.6 is 11.3 Å². The van der Waals surface area contributed by atoms with Crippen LogP contribution in [0.2, 0.25) is 0 Å². The summed E-state index contributed by atoms with van der Waals surface area (Å²) in [6.45, 7) is 0.411. The minimum atomic E-state index is -0.262. The number of hydrogen-bond acceptors (Lipinski definition) is 7. The summed E-state index contributed by atoms with van der Waals surface area (Å²) in [4.78, 5) is 21.0. The largest absolute Gasteiger partial charge is 0.464 e. The van der Waals surface area contributed by atoms with Gasteiger partial charge in [0.25, 0.3) is 5.19 Å². The van der Waals surface area contributed by atoms with E-state index in [0.29, 0.717) is 41.6 Å². The lowest BCUT2D eigenvalue weighted by molar-refractivity contribution is -0.126. The van der Waals surface area contributed by atoms with Gasteiger partial charge < -0.3 is 19.6 Å². The van der Waals surface area contributed by atoms with Crippen molar-refractivity contribution in [2.45, 2.75) is 38.3 Å². The van der Waals surface area contributed by atoms with Crippen molar-refractivity contribution in [3.63, 3.8) is 0 Å². The molecule has 1 fully saturated rings. The topological polar surface area (TPSA) is 97.5 Å². The Balaban J connectivity index is 1.26. The summed E-state index contributed by atoms with van der Waals surface area (Å²) < 4.78 is 12.5. The quantitative estimate of drug-likeness (QED) is 0.494. The number of amides is 1. The number of fused-ring (bicyclic) bond motifs is 2. The normalized spacial score (nSPS) is 19.2. The highest BCUT2D eigenvalue weighted by atomic mass is 32.1. The number of nitrogens with zero attached hydrogens (tertiary/aromatic N) is 2. The van der Waals surface area contributed by atoms with E-state index < -0.39 is 0 Å². The second-order valence-corrected chi connectivity index (χ2v) is 8.54. The van der Waals surface area contributed by atoms with Crippen LogP contribution in [0.4, 0.5) is 0 Å². The third-order valence-corrected chi connectivity index (χ3v) is 6.39. The molecule has 0 saturated heterocycles. The van der Waals surface area contributed by atoms with E-state index in [2.05, 4.69) is 15.3 Å². The van der Waals surface area contributed by atoms with Gasteiger partial charge in [-0.2, -0.15) is 4.98 Å². The molecule has 0 aliphatic heterocycles. The third-order valence-electron chi connectivity index (χ3n) is 5.50. The van der Waals surface area contributed by atoms with Crippen LogP contribution < -0.4 is 10.1 Å². The van der Waals surface area contributed by atoms with Crippen LogP contribution in [-0.2, 0) is 11.3 Å². The lowest BCUT2D eigenvalue weighted by Crippen LogP contribution is -2.33. The average molecular weight is 423 g/mol. The maximum Gasteiger partial charge on any atom is 0.281 e. The van der Waals surface area contributed by atoms with Crippen LogP contribution in [0.15, 0.2) is 47.2 Å². The molecule has 0 bridgehead atoms. The molecule has 3 heterocycles. The molecule has 0 unspecified atom stereocenters. The summed E-state index contributed by atoms with van der Waals surface area (Å²) in [5, 5.41) is 14.1. The predicted octanol–water partition coefficient (Wildman–Crippen LogP) is 4.40. The van der Waals surface area contributed by atoms with Crippen molar-refractivity contribution in [3.8, 4) is 10.9 Å². The van der Waals surface area contributed by atoms with Gasteiger partial charge in [-0.15, -0.1) is 0 Å². The van der Waals surface area contributed by atoms with Gasteiger partial charge in [-0.1, -0.05) is 11.3 Å². The van der Waals surface area contributed by atoms with E-state index in [0.717, 1.165) is 28.5 Å². The number of ether oxygens (including phenoxy) is 1. The van der Waals surface area contributed by atoms with Crippen LogP contribution in [0.5, 0.6) is 10.9 Å². The van der Waals surface area contributed by atoms with Crippen LogP contribution in [0, 0.1) is 5.92 Å². The van der Waals surface area contributed by atoms with Gasteiger partial charge in [-0.05, 0) is 49.9 Å². The molecule has 8 heteroatoms.